The number of carbonyl (C=O) groups excluding carboxylic acids is 1. The molecule has 5 heteroatoms. The Morgan fingerprint density at radius 1 is 1.18 bits per heavy atom. The molecule has 2 rings (SSSR count). The zero-order valence-corrected chi connectivity index (χ0v) is 14.0. The van der Waals surface area contributed by atoms with Gasteiger partial charge in [-0.15, -0.1) is 0 Å². The van der Waals surface area contributed by atoms with Crippen LogP contribution in [-0.2, 0) is 6.42 Å². The molecule has 1 amide bonds. The van der Waals surface area contributed by atoms with Crippen molar-refractivity contribution in [3.8, 4) is 5.75 Å². The summed E-state index contributed by atoms with van der Waals surface area (Å²) in [7, 11) is 1.64. The van der Waals surface area contributed by atoms with Crippen molar-refractivity contribution in [1.29, 1.82) is 0 Å². The third-order valence-electron chi connectivity index (χ3n) is 3.29. The van der Waals surface area contributed by atoms with Crippen LogP contribution in [0.3, 0.4) is 0 Å². The number of halogens is 2. The summed E-state index contributed by atoms with van der Waals surface area (Å²) in [5, 5.41) is 3.71. The largest absolute Gasteiger partial charge is 0.496 e. The van der Waals surface area contributed by atoms with Crippen molar-refractivity contribution in [3.05, 3.63) is 63.1 Å². The predicted octanol–water partition coefficient (Wildman–Crippen LogP) is 4.28. The molecule has 0 aliphatic rings. The smallest absolute Gasteiger partial charge is 0.252 e. The molecule has 0 aromatic heterocycles. The first-order valence-corrected chi connectivity index (χ1v) is 7.63. The number of amides is 1. The molecule has 0 radical (unpaired) electrons. The van der Waals surface area contributed by atoms with Gasteiger partial charge in [0.1, 0.15) is 5.75 Å². The number of aryl methyl sites for hydroxylation is 1. The van der Waals surface area contributed by atoms with E-state index in [1.807, 2.05) is 19.1 Å². The monoisotopic (exact) mass is 337 g/mol. The summed E-state index contributed by atoms with van der Waals surface area (Å²) < 4.78 is 5.33. The second kappa shape index (κ2) is 7.52. The van der Waals surface area contributed by atoms with E-state index >= 15 is 0 Å². The second-order valence-electron chi connectivity index (χ2n) is 4.95. The molecule has 0 aliphatic heterocycles. The van der Waals surface area contributed by atoms with Gasteiger partial charge in [0.2, 0.25) is 0 Å². The van der Waals surface area contributed by atoms with Crippen LogP contribution in [0.5, 0.6) is 5.75 Å². The van der Waals surface area contributed by atoms with E-state index in [1.54, 1.807) is 25.3 Å². The van der Waals surface area contributed by atoms with Gasteiger partial charge in [-0.2, -0.15) is 0 Å². The minimum absolute atomic E-state index is 0.215. The molecule has 3 nitrogen and oxygen atoms in total. The molecule has 0 unspecified atom stereocenters. The van der Waals surface area contributed by atoms with Crippen LogP contribution in [0.1, 0.15) is 21.5 Å². The van der Waals surface area contributed by atoms with Gasteiger partial charge in [0, 0.05) is 11.6 Å². The van der Waals surface area contributed by atoms with E-state index in [1.165, 1.54) is 0 Å². The van der Waals surface area contributed by atoms with Crippen LogP contribution in [0.25, 0.3) is 0 Å². The number of methoxy groups -OCH3 is 1. The topological polar surface area (TPSA) is 38.3 Å². The number of rotatable bonds is 5. The lowest BCUT2D eigenvalue weighted by molar-refractivity contribution is 0.0954. The van der Waals surface area contributed by atoms with Crippen molar-refractivity contribution in [2.45, 2.75) is 13.3 Å². The minimum Gasteiger partial charge on any atom is -0.496 e. The van der Waals surface area contributed by atoms with E-state index in [0.29, 0.717) is 28.6 Å². The number of hydrogen-bond acceptors (Lipinski definition) is 2. The van der Waals surface area contributed by atoms with E-state index in [9.17, 15) is 4.79 Å². The van der Waals surface area contributed by atoms with Gasteiger partial charge in [-0.3, -0.25) is 4.79 Å². The molecule has 0 atom stereocenters. The van der Waals surface area contributed by atoms with Crippen molar-refractivity contribution in [1.82, 2.24) is 5.32 Å². The van der Waals surface area contributed by atoms with Gasteiger partial charge in [0.05, 0.1) is 17.7 Å². The fourth-order valence-corrected chi connectivity index (χ4v) is 2.68. The Hall–Kier alpha value is -1.71. The van der Waals surface area contributed by atoms with Crippen molar-refractivity contribution in [2.75, 3.05) is 13.7 Å². The van der Waals surface area contributed by atoms with Gasteiger partial charge >= 0.3 is 0 Å². The Kier molecular flexibility index (Phi) is 5.69. The highest BCUT2D eigenvalue weighted by atomic mass is 35.5. The first-order valence-electron chi connectivity index (χ1n) is 6.88. The molecule has 0 bridgehead atoms. The van der Waals surface area contributed by atoms with E-state index < -0.39 is 0 Å². The van der Waals surface area contributed by atoms with Crippen LogP contribution in [-0.4, -0.2) is 19.6 Å². The lowest BCUT2D eigenvalue weighted by Crippen LogP contribution is -2.26. The van der Waals surface area contributed by atoms with Crippen molar-refractivity contribution in [2.24, 2.45) is 0 Å². The van der Waals surface area contributed by atoms with E-state index in [2.05, 4.69) is 11.4 Å². The third-order valence-corrected chi connectivity index (χ3v) is 3.84. The highest BCUT2D eigenvalue weighted by Gasteiger charge is 2.11. The van der Waals surface area contributed by atoms with Crippen molar-refractivity contribution < 1.29 is 9.53 Å². The van der Waals surface area contributed by atoms with Crippen LogP contribution in [0.4, 0.5) is 0 Å². The normalized spacial score (nSPS) is 10.4. The summed E-state index contributed by atoms with van der Waals surface area (Å²) >= 11 is 11.8. The summed E-state index contributed by atoms with van der Waals surface area (Å²) in [6, 6.07) is 10.8. The average Bonchev–Trinajstić information content (AvgIpc) is 2.47. The number of ether oxygens (including phenoxy) is 1. The zero-order valence-electron chi connectivity index (χ0n) is 12.5. The molecule has 0 saturated heterocycles. The Bertz CT molecular complexity index is 686. The summed E-state index contributed by atoms with van der Waals surface area (Å²) in [6.07, 6.45) is 0.682. The highest BCUT2D eigenvalue weighted by molar-refractivity contribution is 6.36. The Morgan fingerprint density at radius 2 is 1.95 bits per heavy atom. The maximum Gasteiger partial charge on any atom is 0.252 e. The van der Waals surface area contributed by atoms with Crippen molar-refractivity contribution >= 4 is 29.1 Å². The predicted molar refractivity (Wildman–Crippen MR) is 90.2 cm³/mol. The number of nitrogens with one attached hydrogen (secondary N) is 1. The van der Waals surface area contributed by atoms with Crippen LogP contribution < -0.4 is 10.1 Å². The van der Waals surface area contributed by atoms with Gasteiger partial charge in [0.15, 0.2) is 0 Å². The van der Waals surface area contributed by atoms with Gasteiger partial charge < -0.3 is 10.1 Å². The second-order valence-corrected chi connectivity index (χ2v) is 5.79. The molecular weight excluding hydrogens is 321 g/mol. The molecule has 116 valence electrons. The first kappa shape index (κ1) is 16.7. The lowest BCUT2D eigenvalue weighted by atomic mass is 10.1. The quantitative estimate of drug-likeness (QED) is 0.884. The van der Waals surface area contributed by atoms with Gasteiger partial charge in [0.25, 0.3) is 5.91 Å². The number of carbonyl (C=O) groups is 1. The maximum absolute atomic E-state index is 12.1. The molecule has 22 heavy (non-hydrogen) atoms. The highest BCUT2D eigenvalue weighted by Crippen LogP contribution is 2.21. The molecule has 2 aromatic carbocycles. The van der Waals surface area contributed by atoms with Gasteiger partial charge in [-0.05, 0) is 43.2 Å². The standard InChI is InChI=1S/C17H17Cl2NO2/c1-11-3-6-16(22-2)12(9-11)7-8-20-17(21)14-5-4-13(18)10-15(14)19/h3-6,9-10H,7-8H2,1-2H3,(H,20,21). The van der Waals surface area contributed by atoms with Crippen LogP contribution in [0.15, 0.2) is 36.4 Å². The summed E-state index contributed by atoms with van der Waals surface area (Å²) in [6.45, 7) is 2.52. The molecular formula is C17H17Cl2NO2. The van der Waals surface area contributed by atoms with Crippen molar-refractivity contribution in [3.63, 3.8) is 0 Å². The molecule has 0 fully saturated rings. The Balaban J connectivity index is 1.99. The van der Waals surface area contributed by atoms with E-state index in [4.69, 9.17) is 27.9 Å². The minimum atomic E-state index is -0.215. The Labute approximate surface area is 140 Å². The van der Waals surface area contributed by atoms with E-state index in [-0.39, 0.29) is 5.91 Å². The molecule has 0 heterocycles. The molecule has 1 N–H and O–H groups in total. The summed E-state index contributed by atoms with van der Waals surface area (Å²) in [4.78, 5) is 12.1. The maximum atomic E-state index is 12.1. The zero-order chi connectivity index (χ0) is 16.1. The Morgan fingerprint density at radius 3 is 2.64 bits per heavy atom. The van der Waals surface area contributed by atoms with Crippen LogP contribution in [0.2, 0.25) is 10.0 Å². The molecule has 2 aromatic rings. The van der Waals surface area contributed by atoms with Gasteiger partial charge in [-0.25, -0.2) is 0 Å². The first-order chi connectivity index (χ1) is 10.5. The van der Waals surface area contributed by atoms with E-state index in [0.717, 1.165) is 16.9 Å². The average molecular weight is 338 g/mol. The van der Waals surface area contributed by atoms with Gasteiger partial charge in [-0.1, -0.05) is 40.9 Å². The SMILES string of the molecule is COc1ccc(C)cc1CCNC(=O)c1ccc(Cl)cc1Cl. The summed E-state index contributed by atoms with van der Waals surface area (Å²) in [5.74, 6) is 0.609. The summed E-state index contributed by atoms with van der Waals surface area (Å²) in [5.41, 5.74) is 2.63. The third kappa shape index (κ3) is 4.15. The van der Waals surface area contributed by atoms with Crippen LogP contribution >= 0.6 is 23.2 Å². The molecule has 0 saturated carbocycles. The molecule has 0 aliphatic carbocycles. The fourth-order valence-electron chi connectivity index (χ4n) is 2.18. The number of hydrogen-bond donors (Lipinski definition) is 1. The number of benzene rings is 2. The fraction of sp³-hybridized carbons (Fsp3) is 0.235. The van der Waals surface area contributed by atoms with Crippen LogP contribution in [0, 0.1) is 6.92 Å². The molecule has 0 spiro atoms. The lowest BCUT2D eigenvalue weighted by Gasteiger charge is -2.11.